The zero-order chi connectivity index (χ0) is 20.5. The fraction of sp³-hybridized carbons (Fsp3) is 0.450. The molecule has 2 saturated heterocycles. The second-order valence-electron chi connectivity index (χ2n) is 7.52. The van der Waals surface area contributed by atoms with Crippen LogP contribution in [0.5, 0.6) is 0 Å². The van der Waals surface area contributed by atoms with Gasteiger partial charge in [0, 0.05) is 38.2 Å². The van der Waals surface area contributed by atoms with E-state index in [-0.39, 0.29) is 5.57 Å². The van der Waals surface area contributed by atoms with Gasteiger partial charge in [-0.05, 0) is 44.4 Å². The number of cyclic esters (lactones) is 2. The quantitative estimate of drug-likeness (QED) is 0.463. The normalized spacial score (nSPS) is 21.6. The van der Waals surface area contributed by atoms with E-state index in [9.17, 15) is 14.4 Å². The molecule has 1 amide bonds. The smallest absolute Gasteiger partial charge is 0.350 e. The monoisotopic (exact) mass is 387 g/mol. The number of ether oxygens (including phenoxy) is 2. The molecule has 2 fully saturated rings. The van der Waals surface area contributed by atoms with Gasteiger partial charge in [0.1, 0.15) is 0 Å². The molecule has 1 aromatic carbocycles. The van der Waals surface area contributed by atoms with E-state index in [4.69, 9.17) is 15.2 Å². The zero-order valence-electron chi connectivity index (χ0n) is 16.3. The van der Waals surface area contributed by atoms with Crippen molar-refractivity contribution in [3.63, 3.8) is 0 Å². The number of carbonyl (C=O) groups is 3. The number of amides is 1. The Morgan fingerprint density at radius 2 is 1.93 bits per heavy atom. The van der Waals surface area contributed by atoms with Gasteiger partial charge in [-0.25, -0.2) is 9.59 Å². The summed E-state index contributed by atoms with van der Waals surface area (Å²) in [4.78, 5) is 38.1. The molecule has 3 N–H and O–H groups in total. The van der Waals surface area contributed by atoms with Gasteiger partial charge in [-0.3, -0.25) is 4.79 Å². The molecule has 0 radical (unpaired) electrons. The number of nitrogens with one attached hydrogen (secondary N) is 1. The standard InChI is InChI=1S/C20H25N3O5/c1-12-6-4-5-9-23(12)16-8-7-13(17(21)24)10-15(16)22-11-14-18(25)27-20(2,3)28-19(14)26/h7-8,10-12,22H,4-6,9H2,1-3H3,(H2,21,24). The number of benzene rings is 1. The van der Waals surface area contributed by atoms with Gasteiger partial charge in [-0.15, -0.1) is 0 Å². The number of carbonyl (C=O) groups excluding carboxylic acids is 3. The maximum atomic E-state index is 12.1. The van der Waals surface area contributed by atoms with Gasteiger partial charge in [0.15, 0.2) is 5.57 Å². The summed E-state index contributed by atoms with van der Waals surface area (Å²) in [6.07, 6.45) is 4.54. The highest BCUT2D eigenvalue weighted by molar-refractivity contribution is 6.15. The molecule has 1 atom stereocenters. The molecule has 8 heteroatoms. The lowest BCUT2D eigenvalue weighted by atomic mass is 10.0. The Bertz CT molecular complexity index is 824. The summed E-state index contributed by atoms with van der Waals surface area (Å²) in [5.74, 6) is -3.40. The van der Waals surface area contributed by atoms with Crippen molar-refractivity contribution < 1.29 is 23.9 Å². The Kier molecular flexibility index (Phi) is 5.31. The third-order valence-electron chi connectivity index (χ3n) is 4.88. The molecule has 2 heterocycles. The lowest BCUT2D eigenvalue weighted by Crippen LogP contribution is -2.42. The largest absolute Gasteiger partial charge is 0.419 e. The van der Waals surface area contributed by atoms with E-state index in [1.807, 2.05) is 6.07 Å². The number of hydrogen-bond acceptors (Lipinski definition) is 7. The zero-order valence-corrected chi connectivity index (χ0v) is 16.3. The number of esters is 2. The van der Waals surface area contributed by atoms with Crippen LogP contribution >= 0.6 is 0 Å². The summed E-state index contributed by atoms with van der Waals surface area (Å²) < 4.78 is 10.2. The highest BCUT2D eigenvalue weighted by atomic mass is 16.7. The first kappa shape index (κ1) is 19.7. The third kappa shape index (κ3) is 4.11. The highest BCUT2D eigenvalue weighted by Gasteiger charge is 2.39. The molecule has 28 heavy (non-hydrogen) atoms. The van der Waals surface area contributed by atoms with E-state index in [2.05, 4.69) is 17.1 Å². The predicted octanol–water partition coefficient (Wildman–Crippen LogP) is 2.30. The molecular formula is C20H25N3O5. The van der Waals surface area contributed by atoms with Crippen molar-refractivity contribution in [1.29, 1.82) is 0 Å². The summed E-state index contributed by atoms with van der Waals surface area (Å²) in [5.41, 5.74) is 6.92. The lowest BCUT2D eigenvalue weighted by Gasteiger charge is -2.36. The maximum Gasteiger partial charge on any atom is 0.350 e. The summed E-state index contributed by atoms with van der Waals surface area (Å²) in [5, 5.41) is 2.97. The molecule has 8 nitrogen and oxygen atoms in total. The first-order valence-electron chi connectivity index (χ1n) is 9.32. The van der Waals surface area contributed by atoms with E-state index < -0.39 is 23.6 Å². The van der Waals surface area contributed by atoms with Crippen LogP contribution in [-0.2, 0) is 19.1 Å². The molecular weight excluding hydrogens is 362 g/mol. The molecule has 0 aromatic heterocycles. The van der Waals surface area contributed by atoms with Crippen LogP contribution in [0.15, 0.2) is 30.0 Å². The van der Waals surface area contributed by atoms with Crippen LogP contribution in [-0.4, -0.2) is 36.2 Å². The molecule has 2 aliphatic heterocycles. The van der Waals surface area contributed by atoms with E-state index in [1.165, 1.54) is 20.0 Å². The number of primary amides is 1. The van der Waals surface area contributed by atoms with Crippen LogP contribution in [0.2, 0.25) is 0 Å². The second-order valence-corrected chi connectivity index (χ2v) is 7.52. The summed E-state index contributed by atoms with van der Waals surface area (Å²) in [7, 11) is 0. The van der Waals surface area contributed by atoms with E-state index in [1.54, 1.807) is 12.1 Å². The number of nitrogens with zero attached hydrogens (tertiary/aromatic N) is 1. The van der Waals surface area contributed by atoms with E-state index in [0.717, 1.165) is 31.5 Å². The van der Waals surface area contributed by atoms with Gasteiger partial charge in [-0.2, -0.15) is 0 Å². The molecule has 1 unspecified atom stereocenters. The second kappa shape index (κ2) is 7.53. The molecule has 1 aromatic rings. The van der Waals surface area contributed by atoms with Gasteiger partial charge in [-0.1, -0.05) is 0 Å². The molecule has 0 spiro atoms. The van der Waals surface area contributed by atoms with Crippen LogP contribution in [0.1, 0.15) is 50.4 Å². The van der Waals surface area contributed by atoms with Crippen molar-refractivity contribution in [2.24, 2.45) is 5.73 Å². The van der Waals surface area contributed by atoms with Crippen LogP contribution in [0, 0.1) is 0 Å². The van der Waals surface area contributed by atoms with Crippen molar-refractivity contribution in [3.05, 3.63) is 35.5 Å². The van der Waals surface area contributed by atoms with Gasteiger partial charge >= 0.3 is 11.9 Å². The molecule has 3 rings (SSSR count). The average Bonchev–Trinajstić information content (AvgIpc) is 2.60. The van der Waals surface area contributed by atoms with Crippen molar-refractivity contribution >= 4 is 29.2 Å². The minimum Gasteiger partial charge on any atom is -0.419 e. The number of piperidine rings is 1. The fourth-order valence-corrected chi connectivity index (χ4v) is 3.44. The van der Waals surface area contributed by atoms with Crippen LogP contribution in [0.25, 0.3) is 0 Å². The number of nitrogens with two attached hydrogens (primary N) is 1. The first-order valence-corrected chi connectivity index (χ1v) is 9.32. The summed E-state index contributed by atoms with van der Waals surface area (Å²) >= 11 is 0. The fourth-order valence-electron chi connectivity index (χ4n) is 3.44. The summed E-state index contributed by atoms with van der Waals surface area (Å²) in [6, 6.07) is 5.43. The first-order chi connectivity index (χ1) is 13.2. The average molecular weight is 387 g/mol. The minimum absolute atomic E-state index is 0.249. The van der Waals surface area contributed by atoms with Gasteiger partial charge in [0.25, 0.3) is 5.79 Å². The van der Waals surface area contributed by atoms with Crippen molar-refractivity contribution in [2.45, 2.75) is 51.9 Å². The van der Waals surface area contributed by atoms with Gasteiger partial charge in [0.05, 0.1) is 11.4 Å². The Morgan fingerprint density at radius 1 is 1.25 bits per heavy atom. The number of rotatable bonds is 4. The molecule has 150 valence electrons. The summed E-state index contributed by atoms with van der Waals surface area (Å²) in [6.45, 7) is 5.99. The van der Waals surface area contributed by atoms with Crippen LogP contribution < -0.4 is 16.0 Å². The van der Waals surface area contributed by atoms with E-state index >= 15 is 0 Å². The Labute approximate surface area is 163 Å². The molecule has 0 saturated carbocycles. The highest BCUT2D eigenvalue weighted by Crippen LogP contribution is 2.33. The van der Waals surface area contributed by atoms with Gasteiger partial charge < -0.3 is 25.4 Å². The van der Waals surface area contributed by atoms with Crippen LogP contribution in [0.3, 0.4) is 0 Å². The van der Waals surface area contributed by atoms with Crippen LogP contribution in [0.4, 0.5) is 11.4 Å². The van der Waals surface area contributed by atoms with Crippen molar-refractivity contribution in [2.75, 3.05) is 16.8 Å². The number of anilines is 2. The molecule has 0 aliphatic carbocycles. The maximum absolute atomic E-state index is 12.1. The topological polar surface area (TPSA) is 111 Å². The predicted molar refractivity (Wildman–Crippen MR) is 104 cm³/mol. The molecule has 0 bridgehead atoms. The Hall–Kier alpha value is -3.03. The van der Waals surface area contributed by atoms with Crippen molar-refractivity contribution in [1.82, 2.24) is 0 Å². The number of hydrogen-bond donors (Lipinski definition) is 2. The SMILES string of the molecule is CC1CCCCN1c1ccc(C(N)=O)cc1NC=C1C(=O)OC(C)(C)OC1=O. The van der Waals surface area contributed by atoms with E-state index in [0.29, 0.717) is 17.3 Å². The van der Waals surface area contributed by atoms with Gasteiger partial charge in [0.2, 0.25) is 5.91 Å². The third-order valence-corrected chi connectivity index (χ3v) is 4.88. The minimum atomic E-state index is -1.30. The molecule has 2 aliphatic rings. The van der Waals surface area contributed by atoms with Crippen molar-refractivity contribution in [3.8, 4) is 0 Å². The Morgan fingerprint density at radius 3 is 2.54 bits per heavy atom. The lowest BCUT2D eigenvalue weighted by molar-refractivity contribution is -0.222. The Balaban J connectivity index is 1.93.